The molecule has 0 saturated heterocycles. The van der Waals surface area contributed by atoms with Crippen LogP contribution in [0.3, 0.4) is 0 Å². The van der Waals surface area contributed by atoms with Crippen LogP contribution < -0.4 is 4.74 Å². The molecule has 6 nitrogen and oxygen atoms in total. The van der Waals surface area contributed by atoms with Gasteiger partial charge in [0, 0.05) is 10.9 Å². The number of aromatic nitrogens is 3. The summed E-state index contributed by atoms with van der Waals surface area (Å²) in [7, 11) is 0. The highest BCUT2D eigenvalue weighted by atomic mass is 32.1. The van der Waals surface area contributed by atoms with E-state index in [1.807, 2.05) is 66.9 Å². The molecule has 7 heteroatoms. The third-order valence-electron chi connectivity index (χ3n) is 4.58. The van der Waals surface area contributed by atoms with Crippen LogP contribution in [0.1, 0.15) is 28.5 Å². The lowest BCUT2D eigenvalue weighted by molar-refractivity contribution is 0.0525. The Morgan fingerprint density at radius 3 is 2.67 bits per heavy atom. The average Bonchev–Trinajstić information content (AvgIpc) is 3.40. The van der Waals surface area contributed by atoms with Crippen molar-refractivity contribution in [3.63, 3.8) is 0 Å². The van der Waals surface area contributed by atoms with Gasteiger partial charge in [-0.3, -0.25) is 0 Å². The number of carbonyl (C=O) groups excluding carboxylic acids is 1. The summed E-state index contributed by atoms with van der Waals surface area (Å²) < 4.78 is 12.8. The maximum absolute atomic E-state index is 12.1. The van der Waals surface area contributed by atoms with E-state index < -0.39 is 0 Å². The van der Waals surface area contributed by atoms with Crippen molar-refractivity contribution in [2.45, 2.75) is 20.5 Å². The zero-order valence-electron chi connectivity index (χ0n) is 16.7. The van der Waals surface area contributed by atoms with Gasteiger partial charge in [0.1, 0.15) is 17.9 Å². The highest BCUT2D eigenvalue weighted by molar-refractivity contribution is 7.12. The van der Waals surface area contributed by atoms with Crippen molar-refractivity contribution in [2.75, 3.05) is 6.61 Å². The quantitative estimate of drug-likeness (QED) is 0.392. The summed E-state index contributed by atoms with van der Waals surface area (Å²) in [6.45, 7) is 4.42. The van der Waals surface area contributed by atoms with E-state index >= 15 is 0 Å². The summed E-state index contributed by atoms with van der Waals surface area (Å²) in [6, 6.07) is 17.9. The van der Waals surface area contributed by atoms with Crippen LogP contribution in [0.5, 0.6) is 5.75 Å². The summed E-state index contributed by atoms with van der Waals surface area (Å²) in [6.07, 6.45) is 1.52. The van der Waals surface area contributed by atoms with Gasteiger partial charge in [-0.25, -0.2) is 14.5 Å². The smallest absolute Gasteiger partial charge is 0.341 e. The Balaban J connectivity index is 1.59. The van der Waals surface area contributed by atoms with Crippen LogP contribution >= 0.6 is 11.3 Å². The Morgan fingerprint density at radius 1 is 1.10 bits per heavy atom. The summed E-state index contributed by atoms with van der Waals surface area (Å²) in [5.74, 6) is 0.389. The van der Waals surface area contributed by atoms with E-state index in [9.17, 15) is 4.79 Å². The van der Waals surface area contributed by atoms with E-state index in [0.717, 1.165) is 22.6 Å². The van der Waals surface area contributed by atoms with Gasteiger partial charge >= 0.3 is 5.97 Å². The number of nitrogens with zero attached hydrogens (tertiary/aromatic N) is 3. The van der Waals surface area contributed by atoms with E-state index in [0.29, 0.717) is 29.6 Å². The molecule has 0 bridgehead atoms. The maximum Gasteiger partial charge on any atom is 0.341 e. The molecule has 0 unspecified atom stereocenters. The van der Waals surface area contributed by atoms with E-state index in [1.165, 1.54) is 17.5 Å². The van der Waals surface area contributed by atoms with Crippen molar-refractivity contribution in [1.82, 2.24) is 14.8 Å². The standard InChI is InChI=1S/C23H21N3O3S/c1-3-28-22(27)19-13-24-26(16(19)2)23-25-20(15-30-23)18-11-7-8-12-21(18)29-14-17-9-5-4-6-10-17/h4-13,15H,3,14H2,1-2H3. The Labute approximate surface area is 178 Å². The van der Waals surface area contributed by atoms with Gasteiger partial charge in [0.25, 0.3) is 0 Å². The number of benzene rings is 2. The second kappa shape index (κ2) is 8.92. The summed E-state index contributed by atoms with van der Waals surface area (Å²) in [5, 5.41) is 6.97. The van der Waals surface area contributed by atoms with Gasteiger partial charge in [-0.15, -0.1) is 11.3 Å². The molecule has 0 N–H and O–H groups in total. The predicted octanol–water partition coefficient (Wildman–Crippen LogP) is 5.06. The number of hydrogen-bond acceptors (Lipinski definition) is 6. The molecule has 0 aliphatic rings. The van der Waals surface area contributed by atoms with Gasteiger partial charge in [0.2, 0.25) is 5.13 Å². The molecule has 4 rings (SSSR count). The predicted molar refractivity (Wildman–Crippen MR) is 116 cm³/mol. The molecule has 2 aromatic heterocycles. The SMILES string of the molecule is CCOC(=O)c1cnn(-c2nc(-c3ccccc3OCc3ccccc3)cs2)c1C. The lowest BCUT2D eigenvalue weighted by Crippen LogP contribution is -2.06. The second-order valence-corrected chi connectivity index (χ2v) is 7.40. The highest BCUT2D eigenvalue weighted by Gasteiger charge is 2.18. The minimum atomic E-state index is -0.377. The molecule has 2 heterocycles. The van der Waals surface area contributed by atoms with Crippen LogP contribution in [-0.2, 0) is 11.3 Å². The minimum Gasteiger partial charge on any atom is -0.488 e. The van der Waals surface area contributed by atoms with Crippen LogP contribution in [0.15, 0.2) is 66.2 Å². The molecule has 0 fully saturated rings. The molecular formula is C23H21N3O3S. The fourth-order valence-electron chi connectivity index (χ4n) is 3.04. The molecular weight excluding hydrogens is 398 g/mol. The molecule has 30 heavy (non-hydrogen) atoms. The largest absolute Gasteiger partial charge is 0.488 e. The number of ether oxygens (including phenoxy) is 2. The molecule has 0 aliphatic heterocycles. The van der Waals surface area contributed by atoms with Gasteiger partial charge in [-0.05, 0) is 31.5 Å². The van der Waals surface area contributed by atoms with Crippen LogP contribution in [0.4, 0.5) is 0 Å². The molecule has 2 aromatic carbocycles. The Kier molecular flexibility index (Phi) is 5.90. The first-order chi connectivity index (χ1) is 14.7. The molecule has 0 spiro atoms. The van der Waals surface area contributed by atoms with Gasteiger partial charge in [-0.1, -0.05) is 42.5 Å². The number of hydrogen-bond donors (Lipinski definition) is 0. The summed E-state index contributed by atoms with van der Waals surface area (Å²) >= 11 is 1.45. The van der Waals surface area contributed by atoms with Crippen molar-refractivity contribution in [3.8, 4) is 22.1 Å². The molecule has 0 aliphatic carbocycles. The molecule has 0 atom stereocenters. The van der Waals surface area contributed by atoms with Gasteiger partial charge in [0.05, 0.1) is 24.2 Å². The van der Waals surface area contributed by atoms with Crippen LogP contribution in [0.2, 0.25) is 0 Å². The van der Waals surface area contributed by atoms with Crippen molar-refractivity contribution < 1.29 is 14.3 Å². The van der Waals surface area contributed by atoms with Gasteiger partial charge < -0.3 is 9.47 Å². The lowest BCUT2D eigenvalue weighted by Gasteiger charge is -2.10. The molecule has 152 valence electrons. The zero-order valence-corrected chi connectivity index (χ0v) is 17.6. The third-order valence-corrected chi connectivity index (χ3v) is 5.39. The first-order valence-electron chi connectivity index (χ1n) is 9.61. The van der Waals surface area contributed by atoms with E-state index in [-0.39, 0.29) is 5.97 Å². The number of esters is 1. The third kappa shape index (κ3) is 4.11. The average molecular weight is 420 g/mol. The fourth-order valence-corrected chi connectivity index (χ4v) is 3.87. The van der Waals surface area contributed by atoms with E-state index in [2.05, 4.69) is 5.10 Å². The van der Waals surface area contributed by atoms with Crippen LogP contribution in [-0.4, -0.2) is 27.3 Å². The summed E-state index contributed by atoms with van der Waals surface area (Å²) in [4.78, 5) is 16.8. The Hall–Kier alpha value is -3.45. The highest BCUT2D eigenvalue weighted by Crippen LogP contribution is 2.32. The first kappa shape index (κ1) is 19.8. The number of carbonyl (C=O) groups is 1. The van der Waals surface area contributed by atoms with Gasteiger partial charge in [-0.2, -0.15) is 5.10 Å². The summed E-state index contributed by atoms with van der Waals surface area (Å²) in [5.41, 5.74) is 3.95. The molecule has 0 amide bonds. The maximum atomic E-state index is 12.1. The zero-order chi connectivity index (χ0) is 20.9. The first-order valence-corrected chi connectivity index (χ1v) is 10.5. The Morgan fingerprint density at radius 2 is 1.87 bits per heavy atom. The topological polar surface area (TPSA) is 66.2 Å². The minimum absolute atomic E-state index is 0.324. The van der Waals surface area contributed by atoms with Crippen molar-refractivity contribution in [2.24, 2.45) is 0 Å². The normalized spacial score (nSPS) is 10.7. The molecule has 4 aromatic rings. The van der Waals surface area contributed by atoms with Crippen LogP contribution in [0, 0.1) is 6.92 Å². The fraction of sp³-hybridized carbons (Fsp3) is 0.174. The number of para-hydroxylation sites is 1. The van der Waals surface area contributed by atoms with Crippen LogP contribution in [0.25, 0.3) is 16.4 Å². The monoisotopic (exact) mass is 419 g/mol. The van der Waals surface area contributed by atoms with Crippen molar-refractivity contribution in [3.05, 3.63) is 83.0 Å². The van der Waals surface area contributed by atoms with E-state index in [4.69, 9.17) is 14.5 Å². The van der Waals surface area contributed by atoms with Gasteiger partial charge in [0.15, 0.2) is 0 Å². The van der Waals surface area contributed by atoms with E-state index in [1.54, 1.807) is 11.6 Å². The number of thiazole rings is 1. The molecule has 0 radical (unpaired) electrons. The second-order valence-electron chi connectivity index (χ2n) is 6.56. The molecule has 0 saturated carbocycles. The Bertz CT molecular complexity index is 1150. The van der Waals surface area contributed by atoms with Crippen molar-refractivity contribution >= 4 is 17.3 Å². The number of rotatable bonds is 7. The van der Waals surface area contributed by atoms with Crippen molar-refractivity contribution in [1.29, 1.82) is 0 Å². The lowest BCUT2D eigenvalue weighted by atomic mass is 10.1.